The van der Waals surface area contributed by atoms with Gasteiger partial charge in [0.1, 0.15) is 0 Å². The number of rotatable bonds is 8. The molecule has 0 atom stereocenters. The number of hydrogen-bond donors (Lipinski definition) is 0. The molecule has 0 unspecified atom stereocenters. The van der Waals surface area contributed by atoms with Gasteiger partial charge in [-0.1, -0.05) is 152 Å². The SMILES string of the molecule is [2H]C([2H])([2H])c1c[c-]c(-c2nc3ccccc3n2-c2c(C([2H])(C)C)cccc2C([2H])(C)C)cc1-c1ccccc1.[2H]c1[c-]c(-c2nc([2H])c([2H])c(-c3c([2H])c([2H])c(C([2H])([2H])C(C)(C)C)c([2H])c3[2H])c2[2H])c([2H])c([2H])c1[2H].[Ir]. The minimum Gasteiger partial charge on any atom is -0.333 e. The summed E-state index contributed by atoms with van der Waals surface area (Å²) in [6.45, 7) is 9.71. The molecular formula is C54H53IrN3-2. The van der Waals surface area contributed by atoms with Crippen LogP contribution in [0.15, 0.2) is 152 Å². The molecule has 2 aromatic heterocycles. The summed E-state index contributed by atoms with van der Waals surface area (Å²) in [7, 11) is 0. The third-order valence-corrected chi connectivity index (χ3v) is 8.88. The van der Waals surface area contributed by atoms with E-state index in [1.807, 2.05) is 111 Å². The standard InChI is InChI=1S/C32H31N2.C22H22N.Ir/c1-21(2)26-14-11-15-27(22(3)4)31(26)34-30-17-10-9-16-29(30)33-32(34)25-19-18-23(5)28(20-25)24-12-7-6-8-13-24;1-22(2,3)16-17-9-11-18(12-10-17)20-13-14-23-21(15-20)19-7-5-4-6-8-19;/h6-18,20-22H,1-5H3;4-7,9-15H,16H2,1-3H3;/q2*-1;/i5D3,21D,22D;4D,5D,6D,7D,9D,10D,11D,12D,13D,14D,15D,16D2;. The van der Waals surface area contributed by atoms with Crippen molar-refractivity contribution < 1.29 is 44.8 Å². The van der Waals surface area contributed by atoms with Gasteiger partial charge in [0.25, 0.3) is 0 Å². The molecule has 0 amide bonds. The van der Waals surface area contributed by atoms with Crippen LogP contribution < -0.4 is 0 Å². The van der Waals surface area contributed by atoms with Gasteiger partial charge < -0.3 is 9.55 Å². The van der Waals surface area contributed by atoms with Gasteiger partial charge in [0, 0.05) is 44.3 Å². The van der Waals surface area contributed by atoms with Gasteiger partial charge in [-0.2, -0.15) is 0 Å². The topological polar surface area (TPSA) is 30.7 Å². The van der Waals surface area contributed by atoms with Crippen LogP contribution in [0.1, 0.15) is 107 Å². The van der Waals surface area contributed by atoms with Crippen LogP contribution in [0, 0.1) is 24.4 Å². The summed E-state index contributed by atoms with van der Waals surface area (Å²) in [4.78, 5) is 8.83. The first kappa shape index (κ1) is 24.5. The van der Waals surface area contributed by atoms with E-state index in [0.29, 0.717) is 17.0 Å². The predicted molar refractivity (Wildman–Crippen MR) is 241 cm³/mol. The molecule has 0 spiro atoms. The van der Waals surface area contributed by atoms with Gasteiger partial charge in [-0.05, 0) is 83.6 Å². The van der Waals surface area contributed by atoms with Gasteiger partial charge in [0.2, 0.25) is 0 Å². The minimum absolute atomic E-state index is 0. The summed E-state index contributed by atoms with van der Waals surface area (Å²) in [5.41, 5.74) is 2.76. The molecule has 8 rings (SSSR count). The van der Waals surface area contributed by atoms with Crippen molar-refractivity contribution in [3.05, 3.63) is 186 Å². The number of aromatic nitrogens is 3. The maximum Gasteiger partial charge on any atom is 0.0830 e. The van der Waals surface area contributed by atoms with Crippen molar-refractivity contribution in [1.82, 2.24) is 14.5 Å². The van der Waals surface area contributed by atoms with Crippen molar-refractivity contribution in [2.24, 2.45) is 5.41 Å². The van der Waals surface area contributed by atoms with Crippen LogP contribution in [-0.4, -0.2) is 14.5 Å². The van der Waals surface area contributed by atoms with Crippen LogP contribution in [-0.2, 0) is 26.5 Å². The van der Waals surface area contributed by atoms with E-state index in [4.69, 9.17) is 29.7 Å². The van der Waals surface area contributed by atoms with E-state index < -0.39 is 119 Å². The summed E-state index contributed by atoms with van der Waals surface area (Å²) < 4.78 is 152. The second-order valence-electron chi connectivity index (χ2n) is 14.8. The van der Waals surface area contributed by atoms with Crippen LogP contribution in [0.4, 0.5) is 0 Å². The molecule has 0 saturated heterocycles. The first-order chi connectivity index (χ1) is 34.6. The zero-order valence-electron chi connectivity index (χ0n) is 51.3. The Labute approximate surface area is 384 Å². The van der Waals surface area contributed by atoms with Gasteiger partial charge in [-0.3, -0.25) is 4.98 Å². The number of aryl methyl sites for hydroxylation is 1. The first-order valence-electron chi connectivity index (χ1n) is 27.5. The number of para-hydroxylation sites is 3. The van der Waals surface area contributed by atoms with Gasteiger partial charge in [-0.15, -0.1) is 65.1 Å². The molecule has 8 aromatic rings. The van der Waals surface area contributed by atoms with E-state index >= 15 is 0 Å². The Morgan fingerprint density at radius 1 is 0.776 bits per heavy atom. The molecule has 0 N–H and O–H groups in total. The summed E-state index contributed by atoms with van der Waals surface area (Å²) in [5, 5.41) is 0. The number of pyridine rings is 1. The van der Waals surface area contributed by atoms with Crippen LogP contribution in [0.2, 0.25) is 0 Å². The molecular weight excluding hydrogens is 883 g/mol. The third-order valence-electron chi connectivity index (χ3n) is 8.88. The Hall–Kier alpha value is -5.41. The zero-order valence-corrected chi connectivity index (χ0v) is 35.7. The molecule has 0 saturated carbocycles. The Morgan fingerprint density at radius 2 is 1.48 bits per heavy atom. The Morgan fingerprint density at radius 3 is 2.17 bits per heavy atom. The van der Waals surface area contributed by atoms with Gasteiger partial charge in [-0.25, -0.2) is 0 Å². The van der Waals surface area contributed by atoms with Crippen molar-refractivity contribution in [3.63, 3.8) is 0 Å². The van der Waals surface area contributed by atoms with Crippen LogP contribution >= 0.6 is 0 Å². The molecule has 4 heteroatoms. The van der Waals surface area contributed by atoms with Gasteiger partial charge in [0.15, 0.2) is 0 Å². The van der Waals surface area contributed by atoms with Crippen molar-refractivity contribution in [2.75, 3.05) is 0 Å². The number of fused-ring (bicyclic) bond motifs is 1. The Kier molecular flexibility index (Phi) is 7.79. The van der Waals surface area contributed by atoms with E-state index in [9.17, 15) is 0 Å². The average molecular weight is 954 g/mol. The maximum atomic E-state index is 8.98. The van der Waals surface area contributed by atoms with Crippen molar-refractivity contribution in [1.29, 1.82) is 0 Å². The van der Waals surface area contributed by atoms with E-state index in [0.717, 1.165) is 33.4 Å². The summed E-state index contributed by atoms with van der Waals surface area (Å²) >= 11 is 0. The molecule has 0 aliphatic heterocycles. The van der Waals surface area contributed by atoms with Crippen LogP contribution in [0.5, 0.6) is 0 Å². The maximum absolute atomic E-state index is 8.98. The molecule has 0 bridgehead atoms. The molecule has 2 heterocycles. The molecule has 58 heavy (non-hydrogen) atoms. The predicted octanol–water partition coefficient (Wildman–Crippen LogP) is 14.5. The fourth-order valence-corrected chi connectivity index (χ4v) is 6.31. The fraction of sp³-hybridized carbons (Fsp3) is 0.222. The van der Waals surface area contributed by atoms with Crippen molar-refractivity contribution in [2.45, 2.75) is 73.5 Å². The monoisotopic (exact) mass is 955 g/mol. The summed E-state index contributed by atoms with van der Waals surface area (Å²) in [6.07, 6.45) is -2.99. The molecule has 0 aliphatic carbocycles. The first-order valence-corrected chi connectivity index (χ1v) is 18.5. The molecule has 3 nitrogen and oxygen atoms in total. The molecule has 295 valence electrons. The van der Waals surface area contributed by atoms with E-state index in [-0.39, 0.29) is 31.2 Å². The van der Waals surface area contributed by atoms with E-state index in [1.54, 1.807) is 26.8 Å². The van der Waals surface area contributed by atoms with Crippen molar-refractivity contribution >= 4 is 11.0 Å². The van der Waals surface area contributed by atoms with E-state index in [2.05, 4.69) is 17.1 Å². The smallest absolute Gasteiger partial charge is 0.0830 e. The third kappa shape index (κ3) is 9.64. The normalized spacial score (nSPS) is 16.6. The zero-order chi connectivity index (χ0) is 55.8. The number of benzene rings is 6. The molecule has 0 aliphatic rings. The summed E-state index contributed by atoms with van der Waals surface area (Å²) in [6, 6.07) is 25.6. The average Bonchev–Trinajstić information content (AvgIpc) is 3.72. The minimum atomic E-state index is -2.31. The second-order valence-corrected chi connectivity index (χ2v) is 14.8. The molecule has 0 fully saturated rings. The van der Waals surface area contributed by atoms with E-state index in [1.165, 1.54) is 0 Å². The summed E-state index contributed by atoms with van der Waals surface area (Å²) in [5.74, 6) is -1.33. The Balaban J connectivity index is 0.000000244. The second kappa shape index (κ2) is 18.5. The quantitative estimate of drug-likeness (QED) is 0.142. The fourth-order valence-electron chi connectivity index (χ4n) is 6.31. The molecule has 6 aromatic carbocycles. The van der Waals surface area contributed by atoms with Crippen molar-refractivity contribution in [3.8, 4) is 50.6 Å². The van der Waals surface area contributed by atoms with Gasteiger partial charge >= 0.3 is 0 Å². The number of nitrogens with zero attached hydrogens (tertiary/aromatic N) is 3. The van der Waals surface area contributed by atoms with Crippen LogP contribution in [0.3, 0.4) is 0 Å². The van der Waals surface area contributed by atoms with Crippen LogP contribution in [0.25, 0.3) is 61.6 Å². The largest absolute Gasteiger partial charge is 0.333 e. The number of hydrogen-bond acceptors (Lipinski definition) is 2. The molecule has 1 radical (unpaired) electrons. The Bertz CT molecular complexity index is 3470. The number of imidazole rings is 1. The van der Waals surface area contributed by atoms with Gasteiger partial charge in [0.05, 0.1) is 26.5 Å².